The molecule has 1 aromatic heterocycles. The fourth-order valence-electron chi connectivity index (χ4n) is 0.509. The minimum atomic E-state index is -0.568. The molecule has 11 heavy (non-hydrogen) atoms. The minimum Gasteiger partial charge on any atom is -0.463 e. The zero-order chi connectivity index (χ0) is 8.27. The maximum Gasteiger partial charge on any atom is 0.376 e. The second kappa shape index (κ2) is 3.30. The van der Waals surface area contributed by atoms with Crippen LogP contribution in [0.3, 0.4) is 0 Å². The Morgan fingerprint density at radius 1 is 1.55 bits per heavy atom. The van der Waals surface area contributed by atoms with Gasteiger partial charge in [0.15, 0.2) is 0 Å². The molecule has 0 amide bonds. The van der Waals surface area contributed by atoms with Crippen LogP contribution < -0.4 is 0 Å². The molecule has 0 N–H and O–H groups in total. The molecule has 1 heterocycles. The first-order valence-corrected chi connectivity index (χ1v) is 3.17. The predicted octanol–water partition coefficient (Wildman–Crippen LogP) is 0.917. The average Bonchev–Trinajstić information content (AvgIpc) is 2.05. The van der Waals surface area contributed by atoms with Crippen LogP contribution in [0.1, 0.15) is 10.6 Å². The van der Waals surface area contributed by atoms with Gasteiger partial charge in [-0.25, -0.2) is 14.8 Å². The predicted molar refractivity (Wildman–Crippen MR) is 38.4 cm³/mol. The summed E-state index contributed by atoms with van der Waals surface area (Å²) in [5.74, 6) is -0.557. The lowest BCUT2D eigenvalue weighted by atomic mass is 10.5. The lowest BCUT2D eigenvalue weighted by molar-refractivity contribution is 0.0586. The van der Waals surface area contributed by atoms with Crippen molar-refractivity contribution in [3.63, 3.8) is 0 Å². The highest BCUT2D eigenvalue weighted by molar-refractivity contribution is 6.30. The number of halogens is 1. The molecule has 0 bridgehead atoms. The zero-order valence-electron chi connectivity index (χ0n) is 5.74. The number of methoxy groups -OCH3 is 1. The van der Waals surface area contributed by atoms with Gasteiger partial charge in [-0.05, 0) is 0 Å². The van der Waals surface area contributed by atoms with Crippen molar-refractivity contribution in [2.45, 2.75) is 0 Å². The molecule has 0 aliphatic rings. The number of esters is 1. The first-order valence-electron chi connectivity index (χ1n) is 2.80. The number of hydrogen-bond acceptors (Lipinski definition) is 4. The summed E-state index contributed by atoms with van der Waals surface area (Å²) in [6.45, 7) is 0. The fourth-order valence-corrected chi connectivity index (χ4v) is 0.607. The molecule has 4 nitrogen and oxygen atoms in total. The van der Waals surface area contributed by atoms with Gasteiger partial charge in [0.2, 0.25) is 5.82 Å². The van der Waals surface area contributed by atoms with E-state index in [1.54, 1.807) is 0 Å². The summed E-state index contributed by atoms with van der Waals surface area (Å²) in [5.41, 5.74) is 0. The highest BCUT2D eigenvalue weighted by Crippen LogP contribution is 2.02. The second-order valence-electron chi connectivity index (χ2n) is 1.72. The number of rotatable bonds is 1. The van der Waals surface area contributed by atoms with E-state index in [1.807, 2.05) is 0 Å². The van der Waals surface area contributed by atoms with Gasteiger partial charge in [0.05, 0.1) is 12.1 Å². The summed E-state index contributed by atoms with van der Waals surface area (Å²) in [7, 11) is 1.26. The third-order valence-electron chi connectivity index (χ3n) is 0.988. The summed E-state index contributed by atoms with van der Waals surface area (Å²) in [6.07, 6.45) is 2.67. The standard InChI is InChI=1S/C6H5ClN2O2/c1-11-6(10)5-8-2-4(7)3-9-5/h2-3H,1H3. The van der Waals surface area contributed by atoms with E-state index in [4.69, 9.17) is 11.6 Å². The van der Waals surface area contributed by atoms with E-state index in [2.05, 4.69) is 14.7 Å². The van der Waals surface area contributed by atoms with Crippen molar-refractivity contribution in [1.82, 2.24) is 9.97 Å². The van der Waals surface area contributed by atoms with Crippen LogP contribution >= 0.6 is 11.6 Å². The Balaban J connectivity index is 2.90. The molecule has 0 saturated carbocycles. The number of carbonyl (C=O) groups excluding carboxylic acids is 1. The quantitative estimate of drug-likeness (QED) is 0.591. The van der Waals surface area contributed by atoms with Crippen molar-refractivity contribution in [2.24, 2.45) is 0 Å². The molecule has 58 valence electrons. The zero-order valence-corrected chi connectivity index (χ0v) is 6.50. The van der Waals surface area contributed by atoms with Crippen LogP contribution in [0.15, 0.2) is 12.4 Å². The van der Waals surface area contributed by atoms with Crippen molar-refractivity contribution in [3.05, 3.63) is 23.2 Å². The molecule has 0 aliphatic carbocycles. The normalized spacial score (nSPS) is 9.27. The van der Waals surface area contributed by atoms with E-state index in [1.165, 1.54) is 19.5 Å². The van der Waals surface area contributed by atoms with Crippen LogP contribution in [-0.2, 0) is 4.74 Å². The topological polar surface area (TPSA) is 52.1 Å². The summed E-state index contributed by atoms with van der Waals surface area (Å²) in [5, 5.41) is 0.387. The summed E-state index contributed by atoms with van der Waals surface area (Å²) < 4.78 is 4.37. The SMILES string of the molecule is COC(=O)c1ncc(Cl)cn1. The number of carbonyl (C=O) groups is 1. The van der Waals surface area contributed by atoms with Crippen molar-refractivity contribution < 1.29 is 9.53 Å². The van der Waals surface area contributed by atoms with Gasteiger partial charge >= 0.3 is 5.97 Å². The Morgan fingerprint density at radius 2 is 2.09 bits per heavy atom. The molecule has 1 rings (SSSR count). The Bertz CT molecular complexity index is 260. The van der Waals surface area contributed by atoms with Crippen LogP contribution in [0, 0.1) is 0 Å². The molecule has 0 radical (unpaired) electrons. The van der Waals surface area contributed by atoms with Crippen LogP contribution in [-0.4, -0.2) is 23.0 Å². The number of nitrogens with zero attached hydrogens (tertiary/aromatic N) is 2. The van der Waals surface area contributed by atoms with E-state index in [0.29, 0.717) is 5.02 Å². The van der Waals surface area contributed by atoms with Crippen molar-refractivity contribution in [1.29, 1.82) is 0 Å². The van der Waals surface area contributed by atoms with Gasteiger partial charge in [-0.1, -0.05) is 11.6 Å². The molecule has 0 spiro atoms. The van der Waals surface area contributed by atoms with E-state index in [-0.39, 0.29) is 5.82 Å². The van der Waals surface area contributed by atoms with Crippen molar-refractivity contribution in [3.8, 4) is 0 Å². The lowest BCUT2D eigenvalue weighted by Crippen LogP contribution is -2.06. The van der Waals surface area contributed by atoms with E-state index in [0.717, 1.165) is 0 Å². The highest BCUT2D eigenvalue weighted by Gasteiger charge is 2.06. The lowest BCUT2D eigenvalue weighted by Gasteiger charge is -1.94. The van der Waals surface area contributed by atoms with Crippen LogP contribution in [0.5, 0.6) is 0 Å². The molecule has 1 aromatic rings. The van der Waals surface area contributed by atoms with Crippen molar-refractivity contribution in [2.75, 3.05) is 7.11 Å². The third kappa shape index (κ3) is 1.88. The Labute approximate surface area is 68.2 Å². The molecule has 5 heteroatoms. The number of aromatic nitrogens is 2. The van der Waals surface area contributed by atoms with E-state index < -0.39 is 5.97 Å². The summed E-state index contributed by atoms with van der Waals surface area (Å²) >= 11 is 5.48. The third-order valence-corrected chi connectivity index (χ3v) is 1.18. The van der Waals surface area contributed by atoms with Crippen molar-refractivity contribution >= 4 is 17.6 Å². The highest BCUT2D eigenvalue weighted by atomic mass is 35.5. The van der Waals surface area contributed by atoms with Gasteiger partial charge in [-0.2, -0.15) is 0 Å². The molecule has 0 unspecified atom stereocenters. The Kier molecular flexibility index (Phi) is 2.38. The number of ether oxygens (including phenoxy) is 1. The van der Waals surface area contributed by atoms with Gasteiger partial charge in [-0.15, -0.1) is 0 Å². The van der Waals surface area contributed by atoms with Gasteiger partial charge in [0.1, 0.15) is 0 Å². The molecule has 0 saturated heterocycles. The monoisotopic (exact) mass is 172 g/mol. The van der Waals surface area contributed by atoms with Gasteiger partial charge < -0.3 is 4.74 Å². The molecule has 0 aliphatic heterocycles. The molecular weight excluding hydrogens is 168 g/mol. The second-order valence-corrected chi connectivity index (χ2v) is 2.15. The minimum absolute atomic E-state index is 0.0110. The van der Waals surface area contributed by atoms with Crippen LogP contribution in [0.2, 0.25) is 5.02 Å². The van der Waals surface area contributed by atoms with E-state index in [9.17, 15) is 4.79 Å². The van der Waals surface area contributed by atoms with Crippen LogP contribution in [0.4, 0.5) is 0 Å². The molecule has 0 atom stereocenters. The Morgan fingerprint density at radius 3 is 2.55 bits per heavy atom. The molecule has 0 fully saturated rings. The molecular formula is C6H5ClN2O2. The first kappa shape index (κ1) is 7.94. The maximum atomic E-state index is 10.7. The average molecular weight is 173 g/mol. The number of hydrogen-bond donors (Lipinski definition) is 0. The maximum absolute atomic E-state index is 10.7. The first-order chi connectivity index (χ1) is 5.24. The van der Waals surface area contributed by atoms with Gasteiger partial charge in [-0.3, -0.25) is 0 Å². The molecule has 0 aromatic carbocycles. The summed E-state index contributed by atoms with van der Waals surface area (Å²) in [4.78, 5) is 18.0. The largest absolute Gasteiger partial charge is 0.463 e. The van der Waals surface area contributed by atoms with Crippen LogP contribution in [0.25, 0.3) is 0 Å². The van der Waals surface area contributed by atoms with E-state index >= 15 is 0 Å². The Hall–Kier alpha value is -1.16. The summed E-state index contributed by atoms with van der Waals surface area (Å²) in [6, 6.07) is 0. The van der Waals surface area contributed by atoms with Gasteiger partial charge in [0.25, 0.3) is 0 Å². The smallest absolute Gasteiger partial charge is 0.376 e. The fraction of sp³-hybridized carbons (Fsp3) is 0.167. The van der Waals surface area contributed by atoms with Gasteiger partial charge in [0, 0.05) is 12.4 Å².